The molecule has 4 heteroatoms. The minimum atomic E-state index is -4.02. The summed E-state index contributed by atoms with van der Waals surface area (Å²) in [5, 5.41) is 0. The molecule has 0 aliphatic rings. The Morgan fingerprint density at radius 2 is 1.00 bits per heavy atom. The second kappa shape index (κ2) is 6.51. The molecule has 0 aliphatic heterocycles. The summed E-state index contributed by atoms with van der Waals surface area (Å²) in [6, 6.07) is 25.8. The van der Waals surface area contributed by atoms with Crippen LogP contribution < -0.4 is 0 Å². The Labute approximate surface area is 135 Å². The van der Waals surface area contributed by atoms with Crippen LogP contribution in [0.15, 0.2) is 78.9 Å². The average molecular weight is 324 g/mol. The smallest absolute Gasteiger partial charge is 0.324 e. The van der Waals surface area contributed by atoms with Crippen molar-refractivity contribution in [1.82, 2.24) is 0 Å². The second-order valence-corrected chi connectivity index (χ2v) is 7.11. The Hall–Kier alpha value is -2.19. The average Bonchev–Trinajstić information content (AvgIpc) is 2.55. The summed E-state index contributed by atoms with van der Waals surface area (Å²) in [7, 11) is -4.02. The minimum absolute atomic E-state index is 0.222. The van der Waals surface area contributed by atoms with Gasteiger partial charge in [-0.25, -0.2) is 0 Å². The van der Waals surface area contributed by atoms with Crippen molar-refractivity contribution in [2.24, 2.45) is 0 Å². The van der Waals surface area contributed by atoms with E-state index in [0.717, 1.165) is 16.7 Å². The first-order valence-corrected chi connectivity index (χ1v) is 9.10. The van der Waals surface area contributed by atoms with E-state index in [-0.39, 0.29) is 6.16 Å². The lowest BCUT2D eigenvalue weighted by Gasteiger charge is -2.07. The van der Waals surface area contributed by atoms with Crippen molar-refractivity contribution < 1.29 is 14.4 Å². The van der Waals surface area contributed by atoms with Gasteiger partial charge in [-0.3, -0.25) is 4.57 Å². The molecule has 0 heterocycles. The molecule has 0 saturated carbocycles. The van der Waals surface area contributed by atoms with Gasteiger partial charge in [-0.2, -0.15) is 0 Å². The van der Waals surface area contributed by atoms with Crippen molar-refractivity contribution in [3.05, 3.63) is 84.4 Å². The summed E-state index contributed by atoms with van der Waals surface area (Å²) in [4.78, 5) is 18.0. The lowest BCUT2D eigenvalue weighted by Crippen LogP contribution is -1.87. The third-order valence-corrected chi connectivity index (χ3v) is 4.44. The molecule has 23 heavy (non-hydrogen) atoms. The highest BCUT2D eigenvalue weighted by Crippen LogP contribution is 2.39. The highest BCUT2D eigenvalue weighted by molar-refractivity contribution is 7.50. The van der Waals surface area contributed by atoms with E-state index in [1.54, 1.807) is 12.1 Å². The van der Waals surface area contributed by atoms with Gasteiger partial charge in [-0.1, -0.05) is 78.9 Å². The first kappa shape index (κ1) is 15.7. The lowest BCUT2D eigenvalue weighted by molar-refractivity contribution is 0.371. The quantitative estimate of drug-likeness (QED) is 0.684. The largest absolute Gasteiger partial charge is 0.329 e. The maximum atomic E-state index is 11.0. The predicted molar refractivity (Wildman–Crippen MR) is 93.1 cm³/mol. The molecule has 0 saturated heterocycles. The normalized spacial score (nSPS) is 11.4. The Morgan fingerprint density at radius 1 is 0.609 bits per heavy atom. The molecule has 0 bridgehead atoms. The fourth-order valence-corrected chi connectivity index (χ4v) is 3.21. The Balaban J connectivity index is 1.81. The summed E-state index contributed by atoms with van der Waals surface area (Å²) in [5.41, 5.74) is 5.08. The number of rotatable bonds is 4. The highest BCUT2D eigenvalue weighted by atomic mass is 31.2. The van der Waals surface area contributed by atoms with Crippen molar-refractivity contribution in [3.63, 3.8) is 0 Å². The van der Waals surface area contributed by atoms with Crippen LogP contribution in [0.25, 0.3) is 22.3 Å². The molecule has 0 spiro atoms. The maximum Gasteiger partial charge on any atom is 0.329 e. The Bertz CT molecular complexity index is 819. The van der Waals surface area contributed by atoms with E-state index in [0.29, 0.717) is 5.56 Å². The van der Waals surface area contributed by atoms with E-state index in [1.165, 1.54) is 5.56 Å². The van der Waals surface area contributed by atoms with Crippen molar-refractivity contribution in [2.45, 2.75) is 6.16 Å². The molecule has 116 valence electrons. The van der Waals surface area contributed by atoms with E-state index in [9.17, 15) is 4.57 Å². The van der Waals surface area contributed by atoms with Crippen LogP contribution in [0.2, 0.25) is 0 Å². The van der Waals surface area contributed by atoms with Crippen molar-refractivity contribution in [2.75, 3.05) is 0 Å². The van der Waals surface area contributed by atoms with Crippen LogP contribution in [0.5, 0.6) is 0 Å². The zero-order valence-electron chi connectivity index (χ0n) is 12.5. The molecule has 3 rings (SSSR count). The second-order valence-electron chi connectivity index (χ2n) is 5.46. The van der Waals surface area contributed by atoms with Gasteiger partial charge in [-0.15, -0.1) is 0 Å². The molecule has 0 aliphatic carbocycles. The molecule has 3 nitrogen and oxygen atoms in total. The fraction of sp³-hybridized carbons (Fsp3) is 0.0526. The predicted octanol–water partition coefficient (Wildman–Crippen LogP) is 4.70. The molecule has 0 atom stereocenters. The van der Waals surface area contributed by atoms with E-state index in [4.69, 9.17) is 9.79 Å². The number of benzene rings is 3. The van der Waals surface area contributed by atoms with E-state index in [1.807, 2.05) is 30.3 Å². The topological polar surface area (TPSA) is 57.5 Å². The summed E-state index contributed by atoms with van der Waals surface area (Å²) in [6.45, 7) is 0. The molecule has 3 aromatic rings. The van der Waals surface area contributed by atoms with Crippen molar-refractivity contribution >= 4 is 7.60 Å². The molecular weight excluding hydrogens is 307 g/mol. The molecule has 3 aromatic carbocycles. The minimum Gasteiger partial charge on any atom is -0.324 e. The van der Waals surface area contributed by atoms with Gasteiger partial charge in [0.25, 0.3) is 0 Å². The third-order valence-electron chi connectivity index (χ3n) is 3.67. The zero-order chi connectivity index (χ0) is 16.3. The molecule has 0 unspecified atom stereocenters. The van der Waals surface area contributed by atoms with Crippen LogP contribution >= 0.6 is 7.60 Å². The van der Waals surface area contributed by atoms with Gasteiger partial charge < -0.3 is 9.79 Å². The first-order valence-electron chi connectivity index (χ1n) is 7.31. The van der Waals surface area contributed by atoms with Crippen LogP contribution in [0.4, 0.5) is 0 Å². The Kier molecular flexibility index (Phi) is 4.44. The molecule has 0 amide bonds. The summed E-state index contributed by atoms with van der Waals surface area (Å²) in [5.74, 6) is 0. The monoisotopic (exact) mass is 324 g/mol. The van der Waals surface area contributed by atoms with E-state index >= 15 is 0 Å². The van der Waals surface area contributed by atoms with Crippen LogP contribution in [-0.4, -0.2) is 9.79 Å². The Morgan fingerprint density at radius 3 is 1.43 bits per heavy atom. The molecular formula is C19H17O3P. The number of hydrogen-bond acceptors (Lipinski definition) is 1. The lowest BCUT2D eigenvalue weighted by atomic mass is 10.00. The zero-order valence-corrected chi connectivity index (χ0v) is 13.4. The molecule has 0 fully saturated rings. The van der Waals surface area contributed by atoms with Gasteiger partial charge in [0.1, 0.15) is 0 Å². The summed E-state index contributed by atoms with van der Waals surface area (Å²) < 4.78 is 11.0. The van der Waals surface area contributed by atoms with Crippen molar-refractivity contribution in [3.8, 4) is 22.3 Å². The summed E-state index contributed by atoms with van der Waals surface area (Å²) >= 11 is 0. The standard InChI is InChI=1S/C19H17O3P/c20-23(21,22)14-15-6-8-17(9-7-15)19-12-10-18(11-13-19)16-4-2-1-3-5-16/h1-13H,14H2,(H2,20,21,22). The summed E-state index contributed by atoms with van der Waals surface area (Å²) in [6.07, 6.45) is -0.222. The van der Waals surface area contributed by atoms with Crippen LogP contribution in [0, 0.1) is 0 Å². The SMILES string of the molecule is O=P(O)(O)Cc1ccc(-c2ccc(-c3ccccc3)cc2)cc1. The van der Waals surface area contributed by atoms with Crippen LogP contribution in [0.3, 0.4) is 0 Å². The highest BCUT2D eigenvalue weighted by Gasteiger charge is 2.13. The molecule has 0 aromatic heterocycles. The molecule has 0 radical (unpaired) electrons. The maximum absolute atomic E-state index is 11.0. The van der Waals surface area contributed by atoms with Crippen LogP contribution in [-0.2, 0) is 10.7 Å². The third kappa shape index (κ3) is 4.17. The number of hydrogen-bond donors (Lipinski definition) is 2. The van der Waals surface area contributed by atoms with Gasteiger partial charge in [0.15, 0.2) is 0 Å². The van der Waals surface area contributed by atoms with Crippen molar-refractivity contribution in [1.29, 1.82) is 0 Å². The first-order chi connectivity index (χ1) is 11.0. The van der Waals surface area contributed by atoms with Gasteiger partial charge >= 0.3 is 7.60 Å². The van der Waals surface area contributed by atoms with E-state index < -0.39 is 7.60 Å². The van der Waals surface area contributed by atoms with Gasteiger partial charge in [0.05, 0.1) is 6.16 Å². The van der Waals surface area contributed by atoms with Gasteiger partial charge in [0.2, 0.25) is 0 Å². The fourth-order valence-electron chi connectivity index (χ4n) is 2.53. The van der Waals surface area contributed by atoms with Gasteiger partial charge in [0, 0.05) is 0 Å². The molecule has 2 N–H and O–H groups in total. The van der Waals surface area contributed by atoms with Gasteiger partial charge in [-0.05, 0) is 27.8 Å². The van der Waals surface area contributed by atoms with Crippen LogP contribution in [0.1, 0.15) is 5.56 Å². The van der Waals surface area contributed by atoms with E-state index in [2.05, 4.69) is 36.4 Å².